The van der Waals surface area contributed by atoms with Gasteiger partial charge in [-0.25, -0.2) is 0 Å². The van der Waals surface area contributed by atoms with Crippen LogP contribution in [-0.4, -0.2) is 45.9 Å². The lowest BCUT2D eigenvalue weighted by molar-refractivity contribution is 0.0710. The van der Waals surface area contributed by atoms with Crippen molar-refractivity contribution in [1.29, 1.82) is 0 Å². The number of aryl methyl sites for hydroxylation is 1. The van der Waals surface area contributed by atoms with E-state index in [1.165, 1.54) is 0 Å². The van der Waals surface area contributed by atoms with Gasteiger partial charge in [0.15, 0.2) is 0 Å². The van der Waals surface area contributed by atoms with Crippen LogP contribution in [0.4, 0.5) is 0 Å². The highest BCUT2D eigenvalue weighted by molar-refractivity contribution is 6.00. The fourth-order valence-electron chi connectivity index (χ4n) is 3.88. The van der Waals surface area contributed by atoms with Crippen LogP contribution in [0.1, 0.15) is 46.6 Å². The Bertz CT molecular complexity index is 1020. The molecule has 2 heterocycles. The number of nitrogens with zero attached hydrogens (tertiary/aromatic N) is 2. The van der Waals surface area contributed by atoms with Crippen LogP contribution in [0.2, 0.25) is 0 Å². The van der Waals surface area contributed by atoms with Crippen molar-refractivity contribution in [3.8, 4) is 17.0 Å². The third-order valence-electron chi connectivity index (χ3n) is 5.31. The van der Waals surface area contributed by atoms with Gasteiger partial charge in [0.25, 0.3) is 5.91 Å². The van der Waals surface area contributed by atoms with Gasteiger partial charge in [-0.1, -0.05) is 42.0 Å². The van der Waals surface area contributed by atoms with Gasteiger partial charge in [-0.15, -0.1) is 12.4 Å². The van der Waals surface area contributed by atoms with Crippen LogP contribution >= 0.6 is 12.4 Å². The van der Waals surface area contributed by atoms with Gasteiger partial charge < -0.3 is 14.7 Å². The van der Waals surface area contributed by atoms with Crippen LogP contribution in [0.3, 0.4) is 0 Å². The summed E-state index contributed by atoms with van der Waals surface area (Å²) >= 11 is 0. The predicted octanol–water partition coefficient (Wildman–Crippen LogP) is 4.48. The van der Waals surface area contributed by atoms with Crippen LogP contribution < -0.4 is 0 Å². The Morgan fingerprint density at radius 2 is 1.90 bits per heavy atom. The lowest BCUT2D eigenvalue weighted by Crippen LogP contribution is -2.31. The molecular weight excluding hydrogens is 402 g/mol. The van der Waals surface area contributed by atoms with Gasteiger partial charge in [-0.2, -0.15) is 5.10 Å². The Kier molecular flexibility index (Phi) is 6.80. The molecule has 0 fully saturated rings. The number of benzene rings is 2. The molecule has 6 nitrogen and oxygen atoms in total. The number of rotatable bonds is 7. The van der Waals surface area contributed by atoms with Crippen molar-refractivity contribution < 1.29 is 14.6 Å². The maximum absolute atomic E-state index is 13.2. The first kappa shape index (κ1) is 21.9. The minimum absolute atomic E-state index is 0. The number of fused-ring (bicyclic) bond motifs is 1. The molecule has 0 radical (unpaired) electrons. The molecule has 1 atom stereocenters. The second-order valence-corrected chi connectivity index (χ2v) is 7.24. The van der Waals surface area contributed by atoms with E-state index in [1.54, 1.807) is 12.1 Å². The normalized spacial score (nSPS) is 15.2. The lowest BCUT2D eigenvalue weighted by Gasteiger charge is -2.26. The zero-order valence-electron chi connectivity index (χ0n) is 17.1. The summed E-state index contributed by atoms with van der Waals surface area (Å²) in [5.41, 5.74) is 4.73. The molecule has 1 amide bonds. The Balaban J connectivity index is 0.00000256. The number of para-hydroxylation sites is 1. The molecule has 0 bridgehead atoms. The van der Waals surface area contributed by atoms with Crippen molar-refractivity contribution >= 4 is 18.3 Å². The second kappa shape index (κ2) is 9.32. The topological polar surface area (TPSA) is 78.5 Å². The molecule has 2 aromatic carbocycles. The molecule has 3 aromatic rings. The number of carbonyl (C=O) groups excluding carboxylic acids is 1. The van der Waals surface area contributed by atoms with E-state index in [0.29, 0.717) is 36.7 Å². The van der Waals surface area contributed by atoms with Gasteiger partial charge in [0.1, 0.15) is 17.1 Å². The molecule has 7 heteroatoms. The number of nitrogens with one attached hydrogen (secondary N) is 1. The van der Waals surface area contributed by atoms with E-state index >= 15 is 0 Å². The van der Waals surface area contributed by atoms with Crippen LogP contribution in [0.5, 0.6) is 5.75 Å². The monoisotopic (exact) mass is 427 g/mol. The largest absolute Gasteiger partial charge is 0.507 e. The second-order valence-electron chi connectivity index (χ2n) is 7.24. The molecule has 4 rings (SSSR count). The number of hydrogen-bond acceptors (Lipinski definition) is 4. The van der Waals surface area contributed by atoms with Gasteiger partial charge >= 0.3 is 0 Å². The fourth-order valence-corrected chi connectivity index (χ4v) is 3.88. The molecule has 0 aliphatic carbocycles. The van der Waals surface area contributed by atoms with Crippen molar-refractivity contribution in [1.82, 2.24) is 15.1 Å². The molecule has 0 spiro atoms. The first-order chi connectivity index (χ1) is 14.1. The lowest BCUT2D eigenvalue weighted by atomic mass is 9.95. The smallest absolute Gasteiger partial charge is 0.273 e. The molecule has 0 saturated carbocycles. The molecule has 1 aliphatic heterocycles. The maximum Gasteiger partial charge on any atom is 0.273 e. The Hall–Kier alpha value is -2.83. The molecule has 1 aliphatic rings. The summed E-state index contributed by atoms with van der Waals surface area (Å²) in [6.45, 7) is 5.86. The number of amides is 1. The highest BCUT2D eigenvalue weighted by atomic mass is 35.5. The number of aromatic amines is 1. The molecule has 30 heavy (non-hydrogen) atoms. The summed E-state index contributed by atoms with van der Waals surface area (Å²) in [5.74, 6) is 0.0722. The van der Waals surface area contributed by atoms with Gasteiger partial charge in [0, 0.05) is 30.9 Å². The number of ether oxygens (including phenoxy) is 1. The molecular formula is C23H26ClN3O3. The van der Waals surface area contributed by atoms with E-state index < -0.39 is 0 Å². The van der Waals surface area contributed by atoms with E-state index in [1.807, 2.05) is 30.9 Å². The van der Waals surface area contributed by atoms with Gasteiger partial charge in [-0.3, -0.25) is 9.89 Å². The van der Waals surface area contributed by atoms with Gasteiger partial charge in [0.2, 0.25) is 0 Å². The Morgan fingerprint density at radius 3 is 2.60 bits per heavy atom. The molecule has 0 saturated heterocycles. The van der Waals surface area contributed by atoms with Crippen molar-refractivity contribution in [2.75, 3.05) is 19.8 Å². The van der Waals surface area contributed by atoms with Crippen molar-refractivity contribution in [2.45, 2.75) is 26.3 Å². The number of hydrogen-bond donors (Lipinski definition) is 2. The number of aromatic hydroxyl groups is 1. The number of H-pyrrole nitrogens is 1. The van der Waals surface area contributed by atoms with Crippen LogP contribution in [-0.2, 0) is 4.74 Å². The van der Waals surface area contributed by atoms with Crippen molar-refractivity contribution in [2.24, 2.45) is 0 Å². The summed E-state index contributed by atoms with van der Waals surface area (Å²) in [7, 11) is 0. The van der Waals surface area contributed by atoms with Gasteiger partial charge in [-0.05, 0) is 38.0 Å². The highest BCUT2D eigenvalue weighted by Crippen LogP contribution is 2.44. The summed E-state index contributed by atoms with van der Waals surface area (Å²) in [5, 5.41) is 17.7. The fraction of sp³-hybridized carbons (Fsp3) is 0.304. The minimum atomic E-state index is -0.256. The van der Waals surface area contributed by atoms with Crippen LogP contribution in [0, 0.1) is 6.92 Å². The predicted molar refractivity (Wildman–Crippen MR) is 118 cm³/mol. The summed E-state index contributed by atoms with van der Waals surface area (Å²) in [6.07, 6.45) is 0.756. The number of phenols is 1. The van der Waals surface area contributed by atoms with E-state index in [2.05, 4.69) is 34.5 Å². The summed E-state index contributed by atoms with van der Waals surface area (Å²) in [6, 6.07) is 15.0. The number of phenolic OH excluding ortho intramolecular Hbond substituents is 1. The molecule has 1 unspecified atom stereocenters. The standard InChI is InChI=1S/C23H25N3O3.ClH/c1-3-29-14-6-13-26-22(16-11-9-15(2)10-12-16)19-20(24-25-21(19)23(26)28)17-7-4-5-8-18(17)27;/h4-5,7-12,22,27H,3,6,13-14H2,1-2H3,(H,24,25);1H. The molecule has 2 N–H and O–H groups in total. The average molecular weight is 428 g/mol. The Labute approximate surface area is 182 Å². The minimum Gasteiger partial charge on any atom is -0.507 e. The summed E-state index contributed by atoms with van der Waals surface area (Å²) < 4.78 is 5.46. The third kappa shape index (κ3) is 3.93. The van der Waals surface area contributed by atoms with E-state index in [9.17, 15) is 9.90 Å². The Morgan fingerprint density at radius 1 is 1.17 bits per heavy atom. The zero-order chi connectivity index (χ0) is 20.4. The van der Waals surface area contributed by atoms with Crippen molar-refractivity contribution in [3.05, 3.63) is 70.9 Å². The molecule has 1 aromatic heterocycles. The SMILES string of the molecule is CCOCCCN1C(=O)c2[nH]nc(-c3ccccc3O)c2C1c1ccc(C)cc1.Cl. The maximum atomic E-state index is 13.2. The average Bonchev–Trinajstić information content (AvgIpc) is 3.26. The highest BCUT2D eigenvalue weighted by Gasteiger charge is 2.42. The molecule has 158 valence electrons. The van der Waals surface area contributed by atoms with Crippen LogP contribution in [0.25, 0.3) is 11.3 Å². The van der Waals surface area contributed by atoms with Crippen LogP contribution in [0.15, 0.2) is 48.5 Å². The van der Waals surface area contributed by atoms with Crippen molar-refractivity contribution in [3.63, 3.8) is 0 Å². The van der Waals surface area contributed by atoms with E-state index in [0.717, 1.165) is 23.1 Å². The van der Waals surface area contributed by atoms with E-state index in [-0.39, 0.29) is 30.1 Å². The summed E-state index contributed by atoms with van der Waals surface area (Å²) in [4.78, 5) is 15.1. The first-order valence-electron chi connectivity index (χ1n) is 9.93. The number of carbonyl (C=O) groups is 1. The third-order valence-corrected chi connectivity index (χ3v) is 5.31. The number of halogens is 1. The zero-order valence-corrected chi connectivity index (χ0v) is 17.9. The quantitative estimate of drug-likeness (QED) is 0.545. The van der Waals surface area contributed by atoms with Gasteiger partial charge in [0.05, 0.1) is 6.04 Å². The first-order valence-corrected chi connectivity index (χ1v) is 9.93. The van der Waals surface area contributed by atoms with E-state index in [4.69, 9.17) is 4.74 Å². The number of aromatic nitrogens is 2.